The van der Waals surface area contributed by atoms with Gasteiger partial charge in [-0.2, -0.15) is 9.90 Å². The normalized spacial score (nSPS) is 20.6. The van der Waals surface area contributed by atoms with Crippen LogP contribution < -0.4 is 14.4 Å². The number of thiol groups is 1. The Morgan fingerprint density at radius 3 is 2.72 bits per heavy atom. The quantitative estimate of drug-likeness (QED) is 0.0586. The van der Waals surface area contributed by atoms with E-state index in [0.717, 1.165) is 45.1 Å². The van der Waals surface area contributed by atoms with E-state index in [1.807, 2.05) is 0 Å². The van der Waals surface area contributed by atoms with E-state index in [1.165, 1.54) is 13.2 Å². The van der Waals surface area contributed by atoms with Crippen molar-refractivity contribution in [1.82, 2.24) is 19.9 Å². The summed E-state index contributed by atoms with van der Waals surface area (Å²) in [4.78, 5) is 18.8. The standard InChI is InChI=1S/C36H38F2N5O4.H3P.H2S.Tl/c1-4-25-28(37)10-9-23-18-24(47-22-44-3)19-26(30(23)25)32-31(38)33-27(20-39-32)34(43-14-7-16-45-17-15-43)41-35(40-33)46-21-36-11-5-8-29(36)42(2)13-6-12-36;;;/h9-10,18-20,29H,5-8,11-17,21-22H2,2-3H3;1H3;1H2;/p-1/t29-,36-;;;/m1.../s1. The van der Waals surface area contributed by atoms with Crippen LogP contribution in [0.4, 0.5) is 14.6 Å². The van der Waals surface area contributed by atoms with Gasteiger partial charge >= 0.3 is 210 Å². The molecule has 1 aliphatic carbocycles. The Kier molecular flexibility index (Phi) is 13.2. The smallest absolute Gasteiger partial charge is 0.153 e. The monoisotopic (exact) mass is 914 g/mol. The van der Waals surface area contributed by atoms with E-state index < -0.39 is 11.6 Å². The van der Waals surface area contributed by atoms with Crippen LogP contribution in [-0.4, -0.2) is 112 Å². The Balaban J connectivity index is 0.00000243. The van der Waals surface area contributed by atoms with E-state index in [0.29, 0.717) is 98.0 Å². The van der Waals surface area contributed by atoms with Crippen molar-refractivity contribution in [2.45, 2.75) is 44.6 Å². The molecule has 0 amide bonds. The van der Waals surface area contributed by atoms with Crippen LogP contribution in [0.5, 0.6) is 11.8 Å². The van der Waals surface area contributed by atoms with Gasteiger partial charge in [-0.15, -0.1) is 0 Å². The molecular weight excluding hydrogens is 872 g/mol. The van der Waals surface area contributed by atoms with E-state index >= 15 is 8.78 Å². The molecule has 0 radical (unpaired) electrons. The maximum atomic E-state index is 17.1. The summed E-state index contributed by atoms with van der Waals surface area (Å²) in [6.45, 7) is 4.02. The Morgan fingerprint density at radius 1 is 1.06 bits per heavy atom. The van der Waals surface area contributed by atoms with Gasteiger partial charge in [-0.3, -0.25) is 0 Å². The Labute approximate surface area is 317 Å². The molecule has 7 rings (SSSR count). The maximum Gasteiger partial charge on any atom is -0.153 e. The van der Waals surface area contributed by atoms with Gasteiger partial charge in [0.25, 0.3) is 0 Å². The fourth-order valence-corrected chi connectivity index (χ4v) is 8.42. The van der Waals surface area contributed by atoms with Crippen LogP contribution in [-0.2, 0) is 23.0 Å². The number of hydrogen-bond acceptors (Lipinski definition) is 10. The van der Waals surface area contributed by atoms with Crippen LogP contribution in [0.1, 0.15) is 44.1 Å². The van der Waals surface area contributed by atoms with E-state index in [9.17, 15) is 0 Å². The number of piperidine rings is 1. The molecule has 264 valence electrons. The first-order chi connectivity index (χ1) is 23.4. The SMILES string of the molecule is COCOc1cc(-c2ncc3c(N4CCCOCC4)nc(OC[C@]45CCC[C@H]4N(C)CCC5)nc3c2F)c2c(C#[C][Tl])c(F)ccc2c1.P.[SH-]. The molecule has 0 N–H and O–H groups in total. The summed E-state index contributed by atoms with van der Waals surface area (Å²) in [6.07, 6.45) is 8.02. The molecule has 2 aromatic carbocycles. The molecule has 0 spiro atoms. The van der Waals surface area contributed by atoms with Gasteiger partial charge < -0.3 is 23.1 Å². The van der Waals surface area contributed by atoms with Crippen LogP contribution in [0, 0.1) is 26.4 Å². The molecule has 1 unspecified atom stereocenters. The predicted molar refractivity (Wildman–Crippen MR) is 200 cm³/mol. The summed E-state index contributed by atoms with van der Waals surface area (Å²) < 4.78 is 58.4. The molecular formula is C36H42F2N5O4PSTl-. The zero-order valence-corrected chi connectivity index (χ0v) is 35.3. The number of nitrogens with zero attached hydrogens (tertiary/aromatic N) is 5. The summed E-state index contributed by atoms with van der Waals surface area (Å²) in [5, 5.41) is 1.58. The van der Waals surface area contributed by atoms with Crippen LogP contribution in [0.25, 0.3) is 32.9 Å². The van der Waals surface area contributed by atoms with E-state index in [-0.39, 0.29) is 58.4 Å². The molecule has 0 bridgehead atoms. The van der Waals surface area contributed by atoms with Gasteiger partial charge in [0.2, 0.25) is 0 Å². The first-order valence-electron chi connectivity index (χ1n) is 16.5. The Bertz CT molecular complexity index is 1910. The van der Waals surface area contributed by atoms with Crippen molar-refractivity contribution in [3.05, 3.63) is 47.7 Å². The van der Waals surface area contributed by atoms with Crippen molar-refractivity contribution >= 4 is 76.7 Å². The summed E-state index contributed by atoms with van der Waals surface area (Å²) in [7, 11) is 3.72. The van der Waals surface area contributed by atoms with Gasteiger partial charge in [0, 0.05) is 18.1 Å². The molecule has 4 heterocycles. The number of ether oxygens (including phenoxy) is 4. The zero-order chi connectivity index (χ0) is 33.3. The predicted octanol–water partition coefficient (Wildman–Crippen LogP) is 5.24. The third kappa shape index (κ3) is 7.55. The summed E-state index contributed by atoms with van der Waals surface area (Å²) in [6, 6.07) is 7.02. The number of aromatic nitrogens is 3. The number of hydrogen-bond donors (Lipinski definition) is 0. The van der Waals surface area contributed by atoms with Crippen molar-refractivity contribution in [3.8, 4) is 32.4 Å². The number of pyridine rings is 1. The van der Waals surface area contributed by atoms with E-state index in [4.69, 9.17) is 28.9 Å². The molecule has 2 saturated heterocycles. The van der Waals surface area contributed by atoms with Gasteiger partial charge in [-0.1, -0.05) is 6.42 Å². The zero-order valence-electron chi connectivity index (χ0n) is 28.5. The molecule has 3 aliphatic rings. The summed E-state index contributed by atoms with van der Waals surface area (Å²) >= 11 is 0.332. The van der Waals surface area contributed by atoms with Gasteiger partial charge in [0.05, 0.1) is 6.61 Å². The minimum absolute atomic E-state index is 0. The second-order valence-corrected chi connectivity index (χ2v) is 14.0. The minimum Gasteiger partial charge on any atom is -0.813 e. The maximum absolute atomic E-state index is 17.1. The number of likely N-dealkylation sites (tertiary alicyclic amines) is 1. The fourth-order valence-electron chi connectivity index (χ4n) is 7.86. The van der Waals surface area contributed by atoms with Gasteiger partial charge in [0.15, 0.2) is 0 Å². The molecule has 3 atom stereocenters. The average molecular weight is 914 g/mol. The Morgan fingerprint density at radius 2 is 1.90 bits per heavy atom. The molecule has 3 fully saturated rings. The number of fused-ring (bicyclic) bond motifs is 3. The van der Waals surface area contributed by atoms with Gasteiger partial charge in [0.1, 0.15) is 0 Å². The van der Waals surface area contributed by atoms with Gasteiger partial charge in [-0.25, -0.2) is 0 Å². The third-order valence-electron chi connectivity index (χ3n) is 10.1. The molecule has 50 heavy (non-hydrogen) atoms. The van der Waals surface area contributed by atoms with Crippen molar-refractivity contribution in [2.75, 3.05) is 65.3 Å². The first kappa shape index (κ1) is 38.8. The van der Waals surface area contributed by atoms with E-state index in [2.05, 4.69) is 31.2 Å². The molecule has 4 aromatic rings. The fraction of sp³-hybridized carbons (Fsp3) is 0.472. The molecule has 1 saturated carbocycles. The second-order valence-electron chi connectivity index (χ2n) is 12.9. The van der Waals surface area contributed by atoms with Crippen molar-refractivity contribution < 1.29 is 27.7 Å². The number of benzene rings is 2. The van der Waals surface area contributed by atoms with Crippen molar-refractivity contribution in [2.24, 2.45) is 5.41 Å². The van der Waals surface area contributed by atoms with Crippen molar-refractivity contribution in [1.29, 1.82) is 0 Å². The summed E-state index contributed by atoms with van der Waals surface area (Å²) in [5.41, 5.74) is 0.679. The van der Waals surface area contributed by atoms with Crippen LogP contribution in [0.3, 0.4) is 0 Å². The van der Waals surface area contributed by atoms with Crippen LogP contribution in [0.2, 0.25) is 0 Å². The van der Waals surface area contributed by atoms with Crippen LogP contribution in [0.15, 0.2) is 30.5 Å². The average Bonchev–Trinajstić information content (AvgIpc) is 3.35. The number of rotatable bonds is 8. The van der Waals surface area contributed by atoms with Gasteiger partial charge in [-0.05, 0) is 45.7 Å². The first-order valence-corrected chi connectivity index (χ1v) is 18.8. The minimum atomic E-state index is -0.650. The van der Waals surface area contributed by atoms with E-state index in [1.54, 1.807) is 24.4 Å². The third-order valence-corrected chi connectivity index (χ3v) is 10.6. The Hall–Kier alpha value is -2.41. The van der Waals surface area contributed by atoms with Crippen LogP contribution >= 0.6 is 9.90 Å². The number of methoxy groups -OCH3 is 1. The number of anilines is 1. The summed E-state index contributed by atoms with van der Waals surface area (Å²) in [5.74, 6) is 2.81. The largest absolute Gasteiger partial charge is 0.813 e. The molecule has 14 heteroatoms. The molecule has 2 aromatic heterocycles. The molecule has 2 aliphatic heterocycles. The topological polar surface area (TPSA) is 82.1 Å². The van der Waals surface area contributed by atoms with Crippen molar-refractivity contribution in [3.63, 3.8) is 0 Å². The number of halogens is 2. The second kappa shape index (κ2) is 16.9. The molecule has 9 nitrogen and oxygen atoms in total.